The molecule has 1 aromatic carbocycles. The Labute approximate surface area is 137 Å². The topological polar surface area (TPSA) is 33.2 Å². The largest absolute Gasteiger partial charge is 0.303 e. The molecular weight excluding hydrogens is 284 g/mol. The normalized spacial score (nSPS) is 27.6. The number of ketones is 1. The zero-order valence-corrected chi connectivity index (χ0v) is 13.3. The van der Waals surface area contributed by atoms with Crippen LogP contribution in [0.5, 0.6) is 0 Å². The highest BCUT2D eigenvalue weighted by atomic mass is 16.1. The summed E-state index contributed by atoms with van der Waals surface area (Å²) in [7, 11) is 0. The number of hydrogen-bond donors (Lipinski definition) is 0. The number of pyridine rings is 1. The van der Waals surface area contributed by atoms with Crippen molar-refractivity contribution in [1.29, 1.82) is 0 Å². The van der Waals surface area contributed by atoms with Gasteiger partial charge < -0.3 is 4.90 Å². The number of carbonyl (C=O) groups excluding carboxylic acids is 1. The van der Waals surface area contributed by atoms with Gasteiger partial charge in [0.15, 0.2) is 5.78 Å². The van der Waals surface area contributed by atoms with Crippen molar-refractivity contribution < 1.29 is 4.79 Å². The second-order valence-corrected chi connectivity index (χ2v) is 6.76. The molecule has 2 atom stereocenters. The molecule has 1 aromatic heterocycles. The average Bonchev–Trinajstić information content (AvgIpc) is 2.64. The van der Waals surface area contributed by atoms with Crippen LogP contribution < -0.4 is 0 Å². The van der Waals surface area contributed by atoms with E-state index in [-0.39, 0.29) is 11.7 Å². The van der Waals surface area contributed by atoms with Crippen molar-refractivity contribution in [2.45, 2.75) is 18.8 Å². The van der Waals surface area contributed by atoms with Crippen molar-refractivity contribution >= 4 is 5.78 Å². The number of hydrogen-bond acceptors (Lipinski definition) is 3. The van der Waals surface area contributed by atoms with Crippen LogP contribution in [0.25, 0.3) is 0 Å². The summed E-state index contributed by atoms with van der Waals surface area (Å²) >= 11 is 0. The highest BCUT2D eigenvalue weighted by molar-refractivity contribution is 6.01. The van der Waals surface area contributed by atoms with Crippen molar-refractivity contribution in [3.8, 4) is 0 Å². The van der Waals surface area contributed by atoms with E-state index in [1.807, 2.05) is 54.7 Å². The van der Waals surface area contributed by atoms with Crippen molar-refractivity contribution in [1.82, 2.24) is 9.88 Å². The Morgan fingerprint density at radius 2 is 1.78 bits per heavy atom. The van der Waals surface area contributed by atoms with Crippen LogP contribution in [0.3, 0.4) is 0 Å². The minimum Gasteiger partial charge on any atom is -0.303 e. The molecule has 0 spiro atoms. The van der Waals surface area contributed by atoms with Crippen molar-refractivity contribution in [3.05, 3.63) is 66.0 Å². The lowest BCUT2D eigenvalue weighted by Crippen LogP contribution is -2.50. The van der Waals surface area contributed by atoms with Gasteiger partial charge in [-0.3, -0.25) is 9.78 Å². The number of Topliss-reactive ketones (excluding diaryl/α,β-unsaturated/α-hetero) is 1. The lowest BCUT2D eigenvalue weighted by Gasteiger charge is -2.47. The molecule has 5 rings (SSSR count). The monoisotopic (exact) mass is 306 g/mol. The van der Waals surface area contributed by atoms with Gasteiger partial charge in [-0.05, 0) is 49.9 Å². The van der Waals surface area contributed by atoms with Gasteiger partial charge in [-0.15, -0.1) is 0 Å². The molecule has 3 saturated heterocycles. The summed E-state index contributed by atoms with van der Waals surface area (Å²) in [5.41, 5.74) is 1.74. The van der Waals surface area contributed by atoms with E-state index in [0.29, 0.717) is 11.8 Å². The van der Waals surface area contributed by atoms with E-state index in [9.17, 15) is 4.79 Å². The van der Waals surface area contributed by atoms with Crippen LogP contribution in [0.2, 0.25) is 0 Å². The van der Waals surface area contributed by atoms with Gasteiger partial charge >= 0.3 is 0 Å². The maximum Gasteiger partial charge on any atom is 0.172 e. The molecule has 118 valence electrons. The summed E-state index contributed by atoms with van der Waals surface area (Å²) in [4.78, 5) is 20.3. The van der Waals surface area contributed by atoms with Crippen LogP contribution in [-0.2, 0) is 0 Å². The first-order chi connectivity index (χ1) is 11.3. The summed E-state index contributed by atoms with van der Waals surface area (Å²) in [6.07, 6.45) is 4.24. The zero-order chi connectivity index (χ0) is 15.6. The molecule has 2 bridgehead atoms. The highest BCUT2D eigenvalue weighted by Gasteiger charge is 2.42. The van der Waals surface area contributed by atoms with Crippen LogP contribution in [0, 0.1) is 11.8 Å². The fourth-order valence-corrected chi connectivity index (χ4v) is 4.28. The van der Waals surface area contributed by atoms with Gasteiger partial charge in [0.25, 0.3) is 0 Å². The molecule has 3 aliphatic heterocycles. The van der Waals surface area contributed by atoms with Crippen LogP contribution in [-0.4, -0.2) is 35.3 Å². The van der Waals surface area contributed by atoms with Gasteiger partial charge in [-0.25, -0.2) is 0 Å². The number of rotatable bonds is 4. The minimum atomic E-state index is -0.119. The Morgan fingerprint density at radius 1 is 1.04 bits per heavy atom. The summed E-state index contributed by atoms with van der Waals surface area (Å²) in [5.74, 6) is 1.15. The number of nitrogens with zero attached hydrogens (tertiary/aromatic N) is 2. The van der Waals surface area contributed by atoms with E-state index in [2.05, 4.69) is 9.88 Å². The quantitative estimate of drug-likeness (QED) is 0.812. The molecule has 23 heavy (non-hydrogen) atoms. The number of benzene rings is 1. The van der Waals surface area contributed by atoms with Gasteiger partial charge in [0.05, 0.1) is 11.6 Å². The second-order valence-electron chi connectivity index (χ2n) is 6.76. The number of piperidine rings is 3. The third kappa shape index (κ3) is 2.81. The molecule has 4 heterocycles. The van der Waals surface area contributed by atoms with E-state index in [1.54, 1.807) is 0 Å². The summed E-state index contributed by atoms with van der Waals surface area (Å²) in [5, 5.41) is 0. The lowest BCUT2D eigenvalue weighted by atomic mass is 9.69. The molecule has 0 saturated carbocycles. The van der Waals surface area contributed by atoms with Crippen molar-refractivity contribution in [2.75, 3.05) is 19.6 Å². The SMILES string of the molecule is O=C(c1ccccc1)[C@H](c1ccccn1)[C@@H]1CN2CCC1CC2. The fourth-order valence-electron chi connectivity index (χ4n) is 4.28. The second kappa shape index (κ2) is 6.25. The fraction of sp³-hybridized carbons (Fsp3) is 0.400. The van der Waals surface area contributed by atoms with E-state index >= 15 is 0 Å². The molecular formula is C20H22N2O. The summed E-state index contributed by atoms with van der Waals surface area (Å²) in [6, 6.07) is 15.6. The Balaban J connectivity index is 1.71. The third-order valence-corrected chi connectivity index (χ3v) is 5.48. The maximum absolute atomic E-state index is 13.3. The van der Waals surface area contributed by atoms with Gasteiger partial charge in [0, 0.05) is 18.3 Å². The van der Waals surface area contributed by atoms with E-state index in [1.165, 1.54) is 25.9 Å². The van der Waals surface area contributed by atoms with Crippen molar-refractivity contribution in [3.63, 3.8) is 0 Å². The van der Waals surface area contributed by atoms with E-state index in [4.69, 9.17) is 0 Å². The van der Waals surface area contributed by atoms with E-state index in [0.717, 1.165) is 17.8 Å². The third-order valence-electron chi connectivity index (χ3n) is 5.48. The van der Waals surface area contributed by atoms with Gasteiger partial charge in [-0.2, -0.15) is 0 Å². The maximum atomic E-state index is 13.3. The molecule has 0 aliphatic carbocycles. The summed E-state index contributed by atoms with van der Waals surface area (Å²) < 4.78 is 0. The highest BCUT2D eigenvalue weighted by Crippen LogP contribution is 2.41. The first kappa shape index (κ1) is 14.6. The predicted octanol–water partition coefficient (Wildman–Crippen LogP) is 3.39. The lowest BCUT2D eigenvalue weighted by molar-refractivity contribution is 0.0340. The predicted molar refractivity (Wildman–Crippen MR) is 90.4 cm³/mol. The van der Waals surface area contributed by atoms with Crippen LogP contribution in [0.1, 0.15) is 34.8 Å². The number of carbonyl (C=O) groups is 1. The molecule has 0 amide bonds. The molecule has 2 aromatic rings. The molecule has 0 N–H and O–H groups in total. The minimum absolute atomic E-state index is 0.119. The first-order valence-corrected chi connectivity index (χ1v) is 8.55. The smallest absolute Gasteiger partial charge is 0.172 e. The number of fused-ring (bicyclic) bond motifs is 3. The van der Waals surface area contributed by atoms with Gasteiger partial charge in [0.2, 0.25) is 0 Å². The molecule has 0 radical (unpaired) electrons. The van der Waals surface area contributed by atoms with Crippen molar-refractivity contribution in [2.24, 2.45) is 11.8 Å². The first-order valence-electron chi connectivity index (χ1n) is 8.55. The summed E-state index contributed by atoms with van der Waals surface area (Å²) in [6.45, 7) is 3.41. The number of aromatic nitrogens is 1. The molecule has 3 nitrogen and oxygen atoms in total. The van der Waals surface area contributed by atoms with Crippen LogP contribution in [0.4, 0.5) is 0 Å². The standard InChI is InChI=1S/C20H22N2O/c23-20(16-6-2-1-3-7-16)19(18-8-4-5-11-21-18)17-14-22-12-9-15(17)10-13-22/h1-8,11,15,17,19H,9-10,12-14H2/t17-,19+/m1/s1. The van der Waals surface area contributed by atoms with Crippen LogP contribution >= 0.6 is 0 Å². The molecule has 3 fully saturated rings. The Kier molecular flexibility index (Phi) is 3.96. The van der Waals surface area contributed by atoms with E-state index < -0.39 is 0 Å². The Morgan fingerprint density at radius 3 is 2.39 bits per heavy atom. The Hall–Kier alpha value is -2.00. The average molecular weight is 306 g/mol. The molecule has 3 heteroatoms. The van der Waals surface area contributed by atoms with Gasteiger partial charge in [0.1, 0.15) is 0 Å². The van der Waals surface area contributed by atoms with Gasteiger partial charge in [-0.1, -0.05) is 36.4 Å². The molecule has 0 unspecified atom stereocenters. The zero-order valence-electron chi connectivity index (χ0n) is 13.3. The molecule has 3 aliphatic rings. The Bertz CT molecular complexity index is 663. The van der Waals surface area contributed by atoms with Crippen LogP contribution in [0.15, 0.2) is 54.7 Å².